The molecule has 2 nitrogen and oxygen atoms in total. The normalized spacial score (nSPS) is 28.3. The zero-order valence-corrected chi connectivity index (χ0v) is 10.4. The van der Waals surface area contributed by atoms with Gasteiger partial charge < -0.3 is 5.32 Å². The van der Waals surface area contributed by atoms with Gasteiger partial charge in [-0.05, 0) is 46.6 Å². The molecule has 2 heteroatoms. The van der Waals surface area contributed by atoms with Gasteiger partial charge in [-0.3, -0.25) is 4.90 Å². The highest BCUT2D eigenvalue weighted by atomic mass is 15.2. The lowest BCUT2D eigenvalue weighted by atomic mass is 10.1. The molecule has 0 saturated carbocycles. The van der Waals surface area contributed by atoms with Gasteiger partial charge in [-0.15, -0.1) is 0 Å². The molecule has 1 aliphatic heterocycles. The predicted molar refractivity (Wildman–Crippen MR) is 62.5 cm³/mol. The molecule has 2 unspecified atom stereocenters. The maximum Gasteiger partial charge on any atom is 0.0198 e. The second-order valence-electron chi connectivity index (χ2n) is 5.33. The number of hydrogen-bond acceptors (Lipinski definition) is 2. The average molecular weight is 198 g/mol. The Morgan fingerprint density at radius 1 is 1.21 bits per heavy atom. The highest BCUT2D eigenvalue weighted by Crippen LogP contribution is 2.16. The van der Waals surface area contributed by atoms with Gasteiger partial charge in [0.2, 0.25) is 0 Å². The minimum Gasteiger partial charge on any atom is -0.312 e. The summed E-state index contributed by atoms with van der Waals surface area (Å²) < 4.78 is 0. The van der Waals surface area contributed by atoms with Gasteiger partial charge in [0, 0.05) is 24.7 Å². The first-order valence-corrected chi connectivity index (χ1v) is 5.99. The highest BCUT2D eigenvalue weighted by Gasteiger charge is 2.24. The zero-order valence-electron chi connectivity index (χ0n) is 10.4. The van der Waals surface area contributed by atoms with E-state index in [-0.39, 0.29) is 0 Å². The van der Waals surface area contributed by atoms with E-state index < -0.39 is 0 Å². The molecule has 0 aromatic heterocycles. The van der Waals surface area contributed by atoms with Crippen molar-refractivity contribution in [2.24, 2.45) is 5.92 Å². The molecule has 0 aromatic carbocycles. The standard InChI is InChI=1S/C12H26N2/c1-9(2)14(10(3)4)8-12-6-11(5)7-13-12/h9-13H,6-8H2,1-5H3. The first kappa shape index (κ1) is 12.0. The van der Waals surface area contributed by atoms with E-state index in [1.807, 2.05) is 0 Å². The summed E-state index contributed by atoms with van der Waals surface area (Å²) in [6.45, 7) is 13.9. The van der Waals surface area contributed by atoms with Crippen molar-refractivity contribution < 1.29 is 0 Å². The van der Waals surface area contributed by atoms with Crippen molar-refractivity contribution in [3.05, 3.63) is 0 Å². The van der Waals surface area contributed by atoms with Crippen LogP contribution >= 0.6 is 0 Å². The second-order valence-corrected chi connectivity index (χ2v) is 5.33. The molecular formula is C12H26N2. The van der Waals surface area contributed by atoms with Crippen LogP contribution in [0.15, 0.2) is 0 Å². The van der Waals surface area contributed by atoms with Crippen LogP contribution in [0.3, 0.4) is 0 Å². The number of nitrogens with zero attached hydrogens (tertiary/aromatic N) is 1. The number of rotatable bonds is 4. The lowest BCUT2D eigenvalue weighted by molar-refractivity contribution is 0.159. The number of nitrogens with one attached hydrogen (secondary N) is 1. The van der Waals surface area contributed by atoms with E-state index in [9.17, 15) is 0 Å². The lowest BCUT2D eigenvalue weighted by Gasteiger charge is -2.32. The molecular weight excluding hydrogens is 172 g/mol. The molecule has 0 spiro atoms. The van der Waals surface area contributed by atoms with Crippen molar-refractivity contribution in [3.8, 4) is 0 Å². The van der Waals surface area contributed by atoms with Crippen LogP contribution < -0.4 is 5.32 Å². The van der Waals surface area contributed by atoms with Crippen LogP contribution in [0, 0.1) is 5.92 Å². The van der Waals surface area contributed by atoms with Gasteiger partial charge in [0.1, 0.15) is 0 Å². The van der Waals surface area contributed by atoms with Gasteiger partial charge in [-0.25, -0.2) is 0 Å². The molecule has 1 fully saturated rings. The molecule has 1 aliphatic rings. The monoisotopic (exact) mass is 198 g/mol. The molecule has 0 aliphatic carbocycles. The van der Waals surface area contributed by atoms with Gasteiger partial charge in [-0.1, -0.05) is 6.92 Å². The molecule has 0 bridgehead atoms. The molecule has 1 heterocycles. The molecule has 1 saturated heterocycles. The van der Waals surface area contributed by atoms with Crippen molar-refractivity contribution >= 4 is 0 Å². The summed E-state index contributed by atoms with van der Waals surface area (Å²) in [5, 5.41) is 3.60. The van der Waals surface area contributed by atoms with Crippen molar-refractivity contribution in [2.45, 2.75) is 59.2 Å². The van der Waals surface area contributed by atoms with Crippen LogP contribution in [0.5, 0.6) is 0 Å². The summed E-state index contributed by atoms with van der Waals surface area (Å²) in [6.07, 6.45) is 1.34. The maximum atomic E-state index is 3.60. The summed E-state index contributed by atoms with van der Waals surface area (Å²) >= 11 is 0. The van der Waals surface area contributed by atoms with E-state index in [4.69, 9.17) is 0 Å². The Morgan fingerprint density at radius 3 is 2.14 bits per heavy atom. The highest BCUT2D eigenvalue weighted by molar-refractivity contribution is 4.83. The van der Waals surface area contributed by atoms with Crippen LogP contribution in [0.4, 0.5) is 0 Å². The van der Waals surface area contributed by atoms with E-state index in [1.165, 1.54) is 19.5 Å². The van der Waals surface area contributed by atoms with Crippen molar-refractivity contribution in [3.63, 3.8) is 0 Å². The smallest absolute Gasteiger partial charge is 0.0198 e. The third kappa shape index (κ3) is 3.25. The van der Waals surface area contributed by atoms with Crippen molar-refractivity contribution in [1.82, 2.24) is 10.2 Å². The first-order valence-electron chi connectivity index (χ1n) is 5.99. The Balaban J connectivity index is 2.40. The number of hydrogen-bond donors (Lipinski definition) is 1. The molecule has 14 heavy (non-hydrogen) atoms. The largest absolute Gasteiger partial charge is 0.312 e. The zero-order chi connectivity index (χ0) is 10.7. The van der Waals surface area contributed by atoms with Crippen molar-refractivity contribution in [1.29, 1.82) is 0 Å². The Kier molecular flexibility index (Phi) is 4.39. The summed E-state index contributed by atoms with van der Waals surface area (Å²) in [5.41, 5.74) is 0. The molecule has 0 radical (unpaired) electrons. The van der Waals surface area contributed by atoms with Crippen LogP contribution in [-0.4, -0.2) is 36.1 Å². The van der Waals surface area contributed by atoms with Crippen molar-refractivity contribution in [2.75, 3.05) is 13.1 Å². The predicted octanol–water partition coefficient (Wildman–Crippen LogP) is 2.10. The summed E-state index contributed by atoms with van der Waals surface area (Å²) in [6, 6.07) is 2.04. The molecule has 2 atom stereocenters. The quantitative estimate of drug-likeness (QED) is 0.744. The fraction of sp³-hybridized carbons (Fsp3) is 1.00. The fourth-order valence-electron chi connectivity index (χ4n) is 2.43. The second kappa shape index (κ2) is 5.13. The van der Waals surface area contributed by atoms with E-state index in [0.717, 1.165) is 12.0 Å². The third-order valence-electron chi connectivity index (χ3n) is 3.20. The van der Waals surface area contributed by atoms with Gasteiger partial charge in [0.05, 0.1) is 0 Å². The topological polar surface area (TPSA) is 15.3 Å². The fourth-order valence-corrected chi connectivity index (χ4v) is 2.43. The molecule has 0 aromatic rings. The minimum atomic E-state index is 0.660. The summed E-state index contributed by atoms with van der Waals surface area (Å²) in [7, 11) is 0. The van der Waals surface area contributed by atoms with Gasteiger partial charge in [0.15, 0.2) is 0 Å². The minimum absolute atomic E-state index is 0.660. The average Bonchev–Trinajstić information content (AvgIpc) is 2.46. The third-order valence-corrected chi connectivity index (χ3v) is 3.20. The van der Waals surface area contributed by atoms with Gasteiger partial charge in [0.25, 0.3) is 0 Å². The van der Waals surface area contributed by atoms with Gasteiger partial charge in [-0.2, -0.15) is 0 Å². The SMILES string of the molecule is CC1CNC(CN(C(C)C)C(C)C)C1. The molecule has 1 rings (SSSR count). The molecule has 0 amide bonds. The van der Waals surface area contributed by atoms with Crippen LogP contribution in [0.2, 0.25) is 0 Å². The van der Waals surface area contributed by atoms with Gasteiger partial charge >= 0.3 is 0 Å². The summed E-state index contributed by atoms with van der Waals surface area (Å²) in [4.78, 5) is 2.58. The van der Waals surface area contributed by atoms with E-state index in [0.29, 0.717) is 12.1 Å². The van der Waals surface area contributed by atoms with Crippen LogP contribution in [0.1, 0.15) is 41.0 Å². The van der Waals surface area contributed by atoms with Crippen LogP contribution in [0.25, 0.3) is 0 Å². The molecule has 1 N–H and O–H groups in total. The van der Waals surface area contributed by atoms with E-state index >= 15 is 0 Å². The van der Waals surface area contributed by atoms with E-state index in [1.54, 1.807) is 0 Å². The Labute approximate surface area is 89.1 Å². The lowest BCUT2D eigenvalue weighted by Crippen LogP contribution is -2.44. The Morgan fingerprint density at radius 2 is 1.79 bits per heavy atom. The maximum absolute atomic E-state index is 3.60. The molecule has 84 valence electrons. The van der Waals surface area contributed by atoms with Crippen LogP contribution in [-0.2, 0) is 0 Å². The first-order chi connectivity index (χ1) is 6.50. The van der Waals surface area contributed by atoms with E-state index in [2.05, 4.69) is 44.8 Å². The Bertz CT molecular complexity index is 158. The Hall–Kier alpha value is -0.0800. The summed E-state index contributed by atoms with van der Waals surface area (Å²) in [5.74, 6) is 0.862.